The van der Waals surface area contributed by atoms with Gasteiger partial charge in [0.05, 0.1) is 0 Å². The molecule has 1 aromatic heterocycles. The van der Waals surface area contributed by atoms with Gasteiger partial charge in [0.2, 0.25) is 5.91 Å². The molecular formula is C9H12Cl2N4O. The van der Waals surface area contributed by atoms with E-state index in [1.165, 1.54) is 6.33 Å². The number of hydrogen-bond donors (Lipinski definition) is 2. The number of nitrogens with one attached hydrogen (secondary N) is 1. The van der Waals surface area contributed by atoms with Gasteiger partial charge < -0.3 is 11.1 Å². The molecule has 0 aliphatic heterocycles. The number of anilines is 1. The van der Waals surface area contributed by atoms with E-state index >= 15 is 0 Å². The highest BCUT2D eigenvalue weighted by Crippen LogP contribution is 2.25. The van der Waals surface area contributed by atoms with Crippen LogP contribution < -0.4 is 11.1 Å². The molecule has 0 bridgehead atoms. The Balaban J connectivity index is 2.59. The van der Waals surface area contributed by atoms with Crippen molar-refractivity contribution in [1.29, 1.82) is 0 Å². The molecule has 16 heavy (non-hydrogen) atoms. The average molecular weight is 263 g/mol. The highest BCUT2D eigenvalue weighted by Gasteiger charge is 2.10. The zero-order chi connectivity index (χ0) is 12.1. The van der Waals surface area contributed by atoms with Gasteiger partial charge in [-0.25, -0.2) is 9.97 Å². The smallest absolute Gasteiger partial charge is 0.225 e. The Labute approximate surface area is 103 Å². The minimum absolute atomic E-state index is 0.0183. The lowest BCUT2D eigenvalue weighted by molar-refractivity contribution is -0.116. The Morgan fingerprint density at radius 1 is 1.56 bits per heavy atom. The number of halogens is 2. The van der Waals surface area contributed by atoms with E-state index in [9.17, 15) is 4.79 Å². The molecular weight excluding hydrogens is 251 g/mol. The van der Waals surface area contributed by atoms with E-state index in [0.717, 1.165) is 0 Å². The van der Waals surface area contributed by atoms with Gasteiger partial charge in [0.1, 0.15) is 11.3 Å². The number of nitrogens with two attached hydrogens (primary N) is 1. The number of hydrogen-bond acceptors (Lipinski definition) is 4. The van der Waals surface area contributed by atoms with E-state index in [1.54, 1.807) is 0 Å². The van der Waals surface area contributed by atoms with Crippen LogP contribution in [0.3, 0.4) is 0 Å². The van der Waals surface area contributed by atoms with Crippen LogP contribution in [-0.4, -0.2) is 21.9 Å². The summed E-state index contributed by atoms with van der Waals surface area (Å²) in [5.41, 5.74) is 5.54. The molecule has 0 aliphatic carbocycles. The van der Waals surface area contributed by atoms with Gasteiger partial charge >= 0.3 is 0 Å². The second kappa shape index (κ2) is 5.98. The summed E-state index contributed by atoms with van der Waals surface area (Å²) in [6.07, 6.45) is 2.15. The van der Waals surface area contributed by atoms with Crippen molar-refractivity contribution >= 4 is 34.9 Å². The molecule has 88 valence electrons. The molecule has 0 aromatic carbocycles. The number of rotatable bonds is 4. The van der Waals surface area contributed by atoms with Crippen LogP contribution in [0.1, 0.15) is 19.8 Å². The van der Waals surface area contributed by atoms with Crippen LogP contribution in [0.15, 0.2) is 6.33 Å². The topological polar surface area (TPSA) is 80.9 Å². The molecule has 0 saturated carbocycles. The number of aromatic nitrogens is 2. The minimum Gasteiger partial charge on any atom is -0.328 e. The van der Waals surface area contributed by atoms with Crippen molar-refractivity contribution in [1.82, 2.24) is 9.97 Å². The highest BCUT2D eigenvalue weighted by atomic mass is 35.5. The van der Waals surface area contributed by atoms with Crippen LogP contribution >= 0.6 is 23.2 Å². The van der Waals surface area contributed by atoms with Crippen molar-refractivity contribution in [3.63, 3.8) is 0 Å². The van der Waals surface area contributed by atoms with Gasteiger partial charge in [-0.05, 0) is 13.3 Å². The van der Waals surface area contributed by atoms with Crippen LogP contribution in [0.4, 0.5) is 5.82 Å². The molecule has 0 spiro atoms. The van der Waals surface area contributed by atoms with Crippen LogP contribution in [-0.2, 0) is 4.79 Å². The first-order valence-electron chi connectivity index (χ1n) is 4.72. The molecule has 0 saturated heterocycles. The largest absolute Gasteiger partial charge is 0.328 e. The van der Waals surface area contributed by atoms with E-state index in [1.807, 2.05) is 6.92 Å². The van der Waals surface area contributed by atoms with Gasteiger partial charge in [0, 0.05) is 12.5 Å². The summed E-state index contributed by atoms with van der Waals surface area (Å²) in [7, 11) is 0. The maximum Gasteiger partial charge on any atom is 0.225 e. The van der Waals surface area contributed by atoms with Crippen molar-refractivity contribution < 1.29 is 4.79 Å². The maximum absolute atomic E-state index is 11.5. The monoisotopic (exact) mass is 262 g/mol. The Bertz CT molecular complexity index is 384. The highest BCUT2D eigenvalue weighted by molar-refractivity contribution is 6.42. The van der Waals surface area contributed by atoms with Crippen molar-refractivity contribution in [2.45, 2.75) is 25.8 Å². The zero-order valence-electron chi connectivity index (χ0n) is 8.70. The van der Waals surface area contributed by atoms with Crippen LogP contribution in [0.5, 0.6) is 0 Å². The second-order valence-corrected chi connectivity index (χ2v) is 4.13. The van der Waals surface area contributed by atoms with Gasteiger partial charge in [-0.1, -0.05) is 23.2 Å². The fourth-order valence-corrected chi connectivity index (χ4v) is 1.27. The summed E-state index contributed by atoms with van der Waals surface area (Å²) in [5.74, 6) is 0.0188. The van der Waals surface area contributed by atoms with E-state index < -0.39 is 0 Å². The summed E-state index contributed by atoms with van der Waals surface area (Å²) < 4.78 is 0. The van der Waals surface area contributed by atoms with Crippen LogP contribution in [0, 0.1) is 0 Å². The summed E-state index contributed by atoms with van der Waals surface area (Å²) in [6.45, 7) is 1.84. The quantitative estimate of drug-likeness (QED) is 0.812. The molecule has 3 N–H and O–H groups in total. The summed E-state index contributed by atoms with van der Waals surface area (Å²) in [5, 5.41) is 2.79. The number of carbonyl (C=O) groups excluding carboxylic acids is 1. The molecule has 0 aliphatic rings. The van der Waals surface area contributed by atoms with Gasteiger partial charge in [0.25, 0.3) is 0 Å². The number of nitrogens with zero attached hydrogens (tertiary/aromatic N) is 2. The van der Waals surface area contributed by atoms with Crippen LogP contribution in [0.2, 0.25) is 10.2 Å². The standard InChI is InChI=1S/C9H12Cl2N4O/c1-5(12)2-3-6(16)15-9-7(10)8(11)13-4-14-9/h4-5H,2-3,12H2,1H3,(H,13,14,15,16). The Hall–Kier alpha value is -0.910. The molecule has 1 rings (SSSR count). The lowest BCUT2D eigenvalue weighted by Crippen LogP contribution is -2.20. The van der Waals surface area contributed by atoms with Gasteiger partial charge in [-0.15, -0.1) is 0 Å². The van der Waals surface area contributed by atoms with Crippen molar-refractivity contribution in [3.05, 3.63) is 16.5 Å². The van der Waals surface area contributed by atoms with Gasteiger partial charge in [-0.2, -0.15) is 0 Å². The summed E-state index contributed by atoms with van der Waals surface area (Å²) >= 11 is 11.5. The molecule has 1 aromatic rings. The molecule has 1 amide bonds. The first-order chi connectivity index (χ1) is 7.50. The summed E-state index contributed by atoms with van der Waals surface area (Å²) in [6, 6.07) is -0.0183. The fourth-order valence-electron chi connectivity index (χ4n) is 0.989. The SMILES string of the molecule is CC(N)CCC(=O)Nc1ncnc(Cl)c1Cl. The molecule has 0 fully saturated rings. The predicted octanol–water partition coefficient (Wildman–Crippen LogP) is 1.85. The number of carbonyl (C=O) groups is 1. The first kappa shape index (κ1) is 13.2. The normalized spacial score (nSPS) is 12.2. The van der Waals surface area contributed by atoms with Crippen molar-refractivity contribution in [2.75, 3.05) is 5.32 Å². The Morgan fingerprint density at radius 2 is 2.25 bits per heavy atom. The lowest BCUT2D eigenvalue weighted by atomic mass is 10.2. The molecule has 1 atom stereocenters. The molecule has 0 radical (unpaired) electrons. The first-order valence-corrected chi connectivity index (χ1v) is 5.47. The fraction of sp³-hybridized carbons (Fsp3) is 0.444. The Kier molecular flexibility index (Phi) is 4.92. The Morgan fingerprint density at radius 3 is 2.88 bits per heavy atom. The van der Waals surface area contributed by atoms with E-state index in [0.29, 0.717) is 12.8 Å². The van der Waals surface area contributed by atoms with Crippen molar-refractivity contribution in [2.24, 2.45) is 5.73 Å². The van der Waals surface area contributed by atoms with Crippen molar-refractivity contribution in [3.8, 4) is 0 Å². The van der Waals surface area contributed by atoms with E-state index in [-0.39, 0.29) is 27.9 Å². The minimum atomic E-state index is -0.200. The lowest BCUT2D eigenvalue weighted by Gasteiger charge is -2.07. The third kappa shape index (κ3) is 3.92. The number of amides is 1. The van der Waals surface area contributed by atoms with E-state index in [2.05, 4.69) is 15.3 Å². The third-order valence-electron chi connectivity index (χ3n) is 1.83. The average Bonchev–Trinajstić information content (AvgIpc) is 2.22. The van der Waals surface area contributed by atoms with Gasteiger partial charge in [-0.3, -0.25) is 4.79 Å². The van der Waals surface area contributed by atoms with Crippen LogP contribution in [0.25, 0.3) is 0 Å². The maximum atomic E-state index is 11.5. The zero-order valence-corrected chi connectivity index (χ0v) is 10.2. The van der Waals surface area contributed by atoms with E-state index in [4.69, 9.17) is 28.9 Å². The molecule has 1 unspecified atom stereocenters. The second-order valence-electron chi connectivity index (χ2n) is 3.39. The third-order valence-corrected chi connectivity index (χ3v) is 2.57. The molecule has 1 heterocycles. The van der Waals surface area contributed by atoms with Gasteiger partial charge in [0.15, 0.2) is 11.0 Å². The molecule has 5 nitrogen and oxygen atoms in total. The summed E-state index contributed by atoms with van der Waals surface area (Å²) in [4.78, 5) is 18.9. The predicted molar refractivity (Wildman–Crippen MR) is 63.6 cm³/mol. The molecule has 7 heteroatoms.